The zero-order valence-electron chi connectivity index (χ0n) is 11.2. The highest BCUT2D eigenvalue weighted by Crippen LogP contribution is 2.29. The topological polar surface area (TPSA) is 64.3 Å². The van der Waals surface area contributed by atoms with Crippen LogP contribution in [0.5, 0.6) is 5.88 Å². The maximum atomic E-state index is 5.90. The van der Waals surface area contributed by atoms with Gasteiger partial charge in [0.15, 0.2) is 0 Å². The molecule has 0 saturated carbocycles. The summed E-state index contributed by atoms with van der Waals surface area (Å²) in [6.07, 6.45) is 5.14. The number of rotatable bonds is 4. The summed E-state index contributed by atoms with van der Waals surface area (Å²) in [6, 6.07) is 2.26. The second-order valence-corrected chi connectivity index (χ2v) is 4.80. The van der Waals surface area contributed by atoms with Gasteiger partial charge in [0.1, 0.15) is 12.1 Å². The lowest BCUT2D eigenvalue weighted by molar-refractivity contribution is 0.333. The summed E-state index contributed by atoms with van der Waals surface area (Å²) in [5.74, 6) is 2.32. The Balaban J connectivity index is 2.15. The molecule has 1 saturated heterocycles. The van der Waals surface area contributed by atoms with Gasteiger partial charge >= 0.3 is 0 Å². The smallest absolute Gasteiger partial charge is 0.218 e. The quantitative estimate of drug-likeness (QED) is 0.876. The highest BCUT2D eigenvalue weighted by molar-refractivity contribution is 5.42. The molecule has 2 heterocycles. The van der Waals surface area contributed by atoms with Crippen LogP contribution in [-0.2, 0) is 0 Å². The van der Waals surface area contributed by atoms with E-state index in [0.717, 1.165) is 24.7 Å². The molecule has 0 bridgehead atoms. The van der Waals surface area contributed by atoms with Crippen LogP contribution in [0.15, 0.2) is 12.4 Å². The number of hydrogen-bond acceptors (Lipinski definition) is 5. The molecule has 1 fully saturated rings. The first kappa shape index (κ1) is 13.1. The van der Waals surface area contributed by atoms with E-state index in [9.17, 15) is 0 Å². The van der Waals surface area contributed by atoms with Crippen molar-refractivity contribution in [3.05, 3.63) is 12.4 Å². The van der Waals surface area contributed by atoms with Crippen LogP contribution in [0.2, 0.25) is 0 Å². The molecule has 2 rings (SSSR count). The SMILES string of the molecule is CCC1CCN(c2cc(OC)ncn2)C(CN)C1. The molecule has 5 nitrogen and oxygen atoms in total. The van der Waals surface area contributed by atoms with Crippen molar-refractivity contribution in [1.29, 1.82) is 0 Å². The van der Waals surface area contributed by atoms with Gasteiger partial charge in [-0.2, -0.15) is 0 Å². The summed E-state index contributed by atoms with van der Waals surface area (Å²) in [6.45, 7) is 3.94. The number of piperidine rings is 1. The molecular formula is C13H22N4O. The molecule has 2 N–H and O–H groups in total. The third-order valence-electron chi connectivity index (χ3n) is 3.80. The number of nitrogens with two attached hydrogens (primary N) is 1. The Labute approximate surface area is 108 Å². The van der Waals surface area contributed by atoms with Gasteiger partial charge in [0, 0.05) is 25.2 Å². The van der Waals surface area contributed by atoms with Crippen LogP contribution < -0.4 is 15.4 Å². The number of methoxy groups -OCH3 is 1. The van der Waals surface area contributed by atoms with Crippen LogP contribution in [0, 0.1) is 5.92 Å². The molecule has 5 heteroatoms. The average Bonchev–Trinajstić information content (AvgIpc) is 2.46. The van der Waals surface area contributed by atoms with E-state index in [-0.39, 0.29) is 0 Å². The molecule has 1 aliphatic heterocycles. The van der Waals surface area contributed by atoms with Crippen molar-refractivity contribution >= 4 is 5.82 Å². The van der Waals surface area contributed by atoms with E-state index in [4.69, 9.17) is 10.5 Å². The zero-order chi connectivity index (χ0) is 13.0. The van der Waals surface area contributed by atoms with E-state index in [1.165, 1.54) is 12.8 Å². The number of anilines is 1. The molecule has 18 heavy (non-hydrogen) atoms. The third kappa shape index (κ3) is 2.72. The fourth-order valence-electron chi connectivity index (χ4n) is 2.63. The molecule has 2 atom stereocenters. The average molecular weight is 250 g/mol. The van der Waals surface area contributed by atoms with Gasteiger partial charge in [0.05, 0.1) is 7.11 Å². The van der Waals surface area contributed by atoms with Crippen molar-refractivity contribution in [1.82, 2.24) is 9.97 Å². The van der Waals surface area contributed by atoms with Gasteiger partial charge in [0.2, 0.25) is 5.88 Å². The van der Waals surface area contributed by atoms with Crippen molar-refractivity contribution in [2.24, 2.45) is 11.7 Å². The standard InChI is InChI=1S/C13H22N4O/c1-3-10-4-5-17(11(6-10)8-14)12-7-13(18-2)16-9-15-12/h7,9-11H,3-6,8,14H2,1-2H3. The van der Waals surface area contributed by atoms with Gasteiger partial charge in [-0.15, -0.1) is 0 Å². The monoisotopic (exact) mass is 250 g/mol. The van der Waals surface area contributed by atoms with Gasteiger partial charge in [-0.25, -0.2) is 9.97 Å². The molecule has 0 aromatic carbocycles. The van der Waals surface area contributed by atoms with Crippen LogP contribution in [0.25, 0.3) is 0 Å². The minimum atomic E-state index is 0.378. The molecule has 0 radical (unpaired) electrons. The van der Waals surface area contributed by atoms with Gasteiger partial charge in [-0.3, -0.25) is 0 Å². The fraction of sp³-hybridized carbons (Fsp3) is 0.692. The summed E-state index contributed by atoms with van der Waals surface area (Å²) < 4.78 is 5.15. The van der Waals surface area contributed by atoms with E-state index < -0.39 is 0 Å². The highest BCUT2D eigenvalue weighted by Gasteiger charge is 2.27. The maximum absolute atomic E-state index is 5.90. The molecule has 1 aliphatic rings. The summed E-state index contributed by atoms with van der Waals surface area (Å²) in [4.78, 5) is 10.7. The summed E-state index contributed by atoms with van der Waals surface area (Å²) >= 11 is 0. The molecule has 0 aliphatic carbocycles. The molecule has 100 valence electrons. The number of hydrogen-bond donors (Lipinski definition) is 1. The van der Waals surface area contributed by atoms with E-state index in [2.05, 4.69) is 21.8 Å². The van der Waals surface area contributed by atoms with Crippen LogP contribution in [0.3, 0.4) is 0 Å². The van der Waals surface area contributed by atoms with Crippen molar-refractivity contribution < 1.29 is 4.74 Å². The minimum absolute atomic E-state index is 0.378. The van der Waals surface area contributed by atoms with Crippen molar-refractivity contribution in [2.45, 2.75) is 32.2 Å². The molecule has 0 spiro atoms. The highest BCUT2D eigenvalue weighted by atomic mass is 16.5. The number of ether oxygens (including phenoxy) is 1. The Kier molecular flexibility index (Phi) is 4.36. The Hall–Kier alpha value is -1.36. The lowest BCUT2D eigenvalue weighted by Crippen LogP contribution is -2.47. The lowest BCUT2D eigenvalue weighted by Gasteiger charge is -2.39. The van der Waals surface area contributed by atoms with E-state index >= 15 is 0 Å². The van der Waals surface area contributed by atoms with E-state index in [1.807, 2.05) is 6.07 Å². The van der Waals surface area contributed by atoms with Gasteiger partial charge in [-0.05, 0) is 18.8 Å². The fourth-order valence-corrected chi connectivity index (χ4v) is 2.63. The summed E-state index contributed by atoms with van der Waals surface area (Å²) in [5.41, 5.74) is 5.90. The van der Waals surface area contributed by atoms with Crippen molar-refractivity contribution in [2.75, 3.05) is 25.1 Å². The first-order valence-electron chi connectivity index (χ1n) is 6.61. The minimum Gasteiger partial charge on any atom is -0.481 e. The second kappa shape index (κ2) is 6.00. The van der Waals surface area contributed by atoms with Crippen LogP contribution >= 0.6 is 0 Å². The van der Waals surface area contributed by atoms with Gasteiger partial charge < -0.3 is 15.4 Å². The third-order valence-corrected chi connectivity index (χ3v) is 3.80. The predicted octanol–water partition coefficient (Wildman–Crippen LogP) is 1.44. The number of aromatic nitrogens is 2. The predicted molar refractivity (Wildman–Crippen MR) is 71.8 cm³/mol. The normalized spacial score (nSPS) is 24.1. The molecule has 2 unspecified atom stereocenters. The molecule has 0 amide bonds. The van der Waals surface area contributed by atoms with Gasteiger partial charge in [0.25, 0.3) is 0 Å². The largest absolute Gasteiger partial charge is 0.481 e. The van der Waals surface area contributed by atoms with E-state index in [1.54, 1.807) is 13.4 Å². The van der Waals surface area contributed by atoms with E-state index in [0.29, 0.717) is 18.5 Å². The maximum Gasteiger partial charge on any atom is 0.218 e. The first-order chi connectivity index (χ1) is 8.78. The Morgan fingerprint density at radius 1 is 1.50 bits per heavy atom. The Morgan fingerprint density at radius 3 is 3.00 bits per heavy atom. The van der Waals surface area contributed by atoms with Gasteiger partial charge in [-0.1, -0.05) is 13.3 Å². The molecular weight excluding hydrogens is 228 g/mol. The lowest BCUT2D eigenvalue weighted by atomic mass is 9.89. The Bertz CT molecular complexity index is 385. The summed E-state index contributed by atoms with van der Waals surface area (Å²) in [7, 11) is 1.62. The molecule has 1 aromatic rings. The first-order valence-corrected chi connectivity index (χ1v) is 6.61. The number of nitrogens with zero attached hydrogens (tertiary/aromatic N) is 3. The van der Waals surface area contributed by atoms with Crippen molar-refractivity contribution in [3.8, 4) is 5.88 Å². The summed E-state index contributed by atoms with van der Waals surface area (Å²) in [5, 5.41) is 0. The molecule has 1 aromatic heterocycles. The Morgan fingerprint density at radius 2 is 2.33 bits per heavy atom. The zero-order valence-corrected chi connectivity index (χ0v) is 11.2. The van der Waals surface area contributed by atoms with Crippen LogP contribution in [-0.4, -0.2) is 36.2 Å². The van der Waals surface area contributed by atoms with Crippen LogP contribution in [0.4, 0.5) is 5.82 Å². The van der Waals surface area contributed by atoms with Crippen LogP contribution in [0.1, 0.15) is 26.2 Å². The van der Waals surface area contributed by atoms with Crippen molar-refractivity contribution in [3.63, 3.8) is 0 Å². The second-order valence-electron chi connectivity index (χ2n) is 4.80.